The van der Waals surface area contributed by atoms with Crippen LogP contribution in [0.3, 0.4) is 0 Å². The van der Waals surface area contributed by atoms with Crippen LogP contribution in [0.1, 0.15) is 21.5 Å². The molecule has 0 spiro atoms. The third kappa shape index (κ3) is 6.77. The number of aryl methyl sites for hydroxylation is 1. The molecular weight excluding hydrogens is 439 g/mol. The number of rotatable bonds is 6. The number of carbonyl (C=O) groups excluding carboxylic acids is 2. The van der Waals surface area contributed by atoms with Gasteiger partial charge in [0.1, 0.15) is 11.5 Å². The number of urea groups is 1. The van der Waals surface area contributed by atoms with E-state index in [1.54, 1.807) is 41.2 Å². The van der Waals surface area contributed by atoms with Crippen molar-refractivity contribution in [2.75, 3.05) is 39.9 Å². The van der Waals surface area contributed by atoms with Crippen molar-refractivity contribution < 1.29 is 32.2 Å². The Labute approximate surface area is 190 Å². The highest BCUT2D eigenvalue weighted by atomic mass is 19.4. The molecule has 2 aromatic rings. The number of hydrogen-bond donors (Lipinski definition) is 1. The van der Waals surface area contributed by atoms with E-state index >= 15 is 0 Å². The molecule has 10 heteroatoms. The Morgan fingerprint density at radius 1 is 1.03 bits per heavy atom. The van der Waals surface area contributed by atoms with E-state index in [0.29, 0.717) is 43.1 Å². The van der Waals surface area contributed by atoms with E-state index in [1.165, 1.54) is 12.1 Å². The lowest BCUT2D eigenvalue weighted by molar-refractivity contribution is -0.153. The quantitative estimate of drug-likeness (QED) is 0.708. The maximum atomic E-state index is 12.8. The normalized spacial score (nSPS) is 14.1. The van der Waals surface area contributed by atoms with Gasteiger partial charge in [-0.2, -0.15) is 13.2 Å². The number of halogens is 3. The standard InChI is InChI=1S/C23H26F3N3O4/c1-16-6-7-18(13-20(16)32-2)21(30)28-8-10-29(11-9-28)22(31)27-14-17-4-3-5-19(12-17)33-15-23(24,25)26/h3-7,12-13H,8-11,14-15H2,1-2H3,(H,27,31). The van der Waals surface area contributed by atoms with Crippen LogP contribution in [0.4, 0.5) is 18.0 Å². The summed E-state index contributed by atoms with van der Waals surface area (Å²) < 4.78 is 46.9. The van der Waals surface area contributed by atoms with Crippen LogP contribution < -0.4 is 14.8 Å². The van der Waals surface area contributed by atoms with Crippen molar-refractivity contribution in [3.05, 3.63) is 59.2 Å². The number of piperazine rings is 1. The van der Waals surface area contributed by atoms with Crippen LogP contribution in [0, 0.1) is 6.92 Å². The van der Waals surface area contributed by atoms with E-state index < -0.39 is 12.8 Å². The van der Waals surface area contributed by atoms with Crippen LogP contribution in [-0.2, 0) is 6.54 Å². The van der Waals surface area contributed by atoms with Crippen LogP contribution in [0.15, 0.2) is 42.5 Å². The Hall–Kier alpha value is -3.43. The van der Waals surface area contributed by atoms with Crippen molar-refractivity contribution in [3.8, 4) is 11.5 Å². The van der Waals surface area contributed by atoms with E-state index in [9.17, 15) is 22.8 Å². The molecule has 0 radical (unpaired) electrons. The van der Waals surface area contributed by atoms with Gasteiger partial charge in [-0.05, 0) is 42.3 Å². The fourth-order valence-electron chi connectivity index (χ4n) is 3.45. The Bertz CT molecular complexity index is 989. The Kier molecular flexibility index (Phi) is 7.67. The summed E-state index contributed by atoms with van der Waals surface area (Å²) in [6.07, 6.45) is -4.42. The molecule has 1 aliphatic heterocycles. The topological polar surface area (TPSA) is 71.1 Å². The van der Waals surface area contributed by atoms with Crippen molar-refractivity contribution in [2.24, 2.45) is 0 Å². The first-order valence-corrected chi connectivity index (χ1v) is 10.4. The molecule has 0 unspecified atom stereocenters. The molecule has 1 N–H and O–H groups in total. The minimum absolute atomic E-state index is 0.0823. The summed E-state index contributed by atoms with van der Waals surface area (Å²) in [4.78, 5) is 28.6. The monoisotopic (exact) mass is 465 g/mol. The van der Waals surface area contributed by atoms with Gasteiger partial charge in [-0.1, -0.05) is 18.2 Å². The summed E-state index contributed by atoms with van der Waals surface area (Å²) in [5.74, 6) is 0.606. The second-order valence-corrected chi connectivity index (χ2v) is 7.67. The molecule has 0 aromatic heterocycles. The zero-order valence-corrected chi connectivity index (χ0v) is 18.4. The lowest BCUT2D eigenvalue weighted by atomic mass is 10.1. The number of nitrogens with zero attached hydrogens (tertiary/aromatic N) is 2. The third-order valence-electron chi connectivity index (χ3n) is 5.25. The molecule has 1 aliphatic rings. The van der Waals surface area contributed by atoms with Gasteiger partial charge in [0.15, 0.2) is 6.61 Å². The second kappa shape index (κ2) is 10.5. The van der Waals surface area contributed by atoms with Gasteiger partial charge in [0.25, 0.3) is 5.91 Å². The Morgan fingerprint density at radius 3 is 2.39 bits per heavy atom. The maximum Gasteiger partial charge on any atom is 0.422 e. The zero-order chi connectivity index (χ0) is 24.0. The molecule has 0 aliphatic carbocycles. The summed E-state index contributed by atoms with van der Waals surface area (Å²) in [6, 6.07) is 11.1. The summed E-state index contributed by atoms with van der Waals surface area (Å²) in [5.41, 5.74) is 2.08. The number of benzene rings is 2. The van der Waals surface area contributed by atoms with Crippen LogP contribution in [-0.4, -0.2) is 67.8 Å². The van der Waals surface area contributed by atoms with E-state index in [1.807, 2.05) is 13.0 Å². The van der Waals surface area contributed by atoms with E-state index in [2.05, 4.69) is 5.32 Å². The van der Waals surface area contributed by atoms with Gasteiger partial charge in [0, 0.05) is 38.3 Å². The molecule has 0 bridgehead atoms. The average Bonchev–Trinajstić information content (AvgIpc) is 2.81. The number of carbonyl (C=O) groups is 2. The van der Waals surface area contributed by atoms with Crippen LogP contribution in [0.5, 0.6) is 11.5 Å². The Morgan fingerprint density at radius 2 is 1.73 bits per heavy atom. The maximum absolute atomic E-state index is 12.8. The average molecular weight is 465 g/mol. The number of nitrogens with one attached hydrogen (secondary N) is 1. The van der Waals surface area contributed by atoms with Crippen molar-refractivity contribution in [2.45, 2.75) is 19.6 Å². The first-order chi connectivity index (χ1) is 15.7. The summed E-state index contributed by atoms with van der Waals surface area (Å²) in [7, 11) is 1.56. The first-order valence-electron chi connectivity index (χ1n) is 10.4. The fourth-order valence-corrected chi connectivity index (χ4v) is 3.45. The van der Waals surface area contributed by atoms with E-state index in [-0.39, 0.29) is 24.2 Å². The largest absolute Gasteiger partial charge is 0.496 e. The van der Waals surface area contributed by atoms with Crippen LogP contribution in [0.25, 0.3) is 0 Å². The highest BCUT2D eigenvalue weighted by Crippen LogP contribution is 2.21. The number of alkyl halides is 3. The third-order valence-corrected chi connectivity index (χ3v) is 5.25. The minimum atomic E-state index is -4.42. The lowest BCUT2D eigenvalue weighted by Gasteiger charge is -2.34. The molecule has 3 amide bonds. The van der Waals surface area contributed by atoms with Crippen molar-refractivity contribution >= 4 is 11.9 Å². The van der Waals surface area contributed by atoms with Gasteiger partial charge in [-0.25, -0.2) is 4.79 Å². The molecular formula is C23H26F3N3O4. The number of ether oxygens (including phenoxy) is 2. The summed E-state index contributed by atoms with van der Waals surface area (Å²) >= 11 is 0. The van der Waals surface area contributed by atoms with Crippen molar-refractivity contribution in [1.82, 2.24) is 15.1 Å². The van der Waals surface area contributed by atoms with Crippen molar-refractivity contribution in [3.63, 3.8) is 0 Å². The smallest absolute Gasteiger partial charge is 0.422 e. The Balaban J connectivity index is 1.48. The molecule has 7 nitrogen and oxygen atoms in total. The molecule has 1 fully saturated rings. The minimum Gasteiger partial charge on any atom is -0.496 e. The summed E-state index contributed by atoms with van der Waals surface area (Å²) in [5, 5.41) is 2.75. The van der Waals surface area contributed by atoms with Gasteiger partial charge in [-0.3, -0.25) is 4.79 Å². The molecule has 2 aromatic carbocycles. The molecule has 178 valence electrons. The van der Waals surface area contributed by atoms with Crippen LogP contribution in [0.2, 0.25) is 0 Å². The number of amides is 3. The van der Waals surface area contributed by atoms with Gasteiger partial charge in [0.05, 0.1) is 7.11 Å². The molecule has 33 heavy (non-hydrogen) atoms. The summed E-state index contributed by atoms with van der Waals surface area (Å²) in [6.45, 7) is 2.19. The molecule has 3 rings (SSSR count). The van der Waals surface area contributed by atoms with Crippen LogP contribution >= 0.6 is 0 Å². The highest BCUT2D eigenvalue weighted by Gasteiger charge is 2.28. The predicted molar refractivity (Wildman–Crippen MR) is 115 cm³/mol. The number of methoxy groups -OCH3 is 1. The van der Waals surface area contributed by atoms with E-state index in [4.69, 9.17) is 9.47 Å². The molecule has 1 heterocycles. The van der Waals surface area contributed by atoms with Gasteiger partial charge in [0.2, 0.25) is 0 Å². The molecule has 0 saturated carbocycles. The van der Waals surface area contributed by atoms with Gasteiger partial charge in [-0.15, -0.1) is 0 Å². The van der Waals surface area contributed by atoms with Gasteiger partial charge >= 0.3 is 12.2 Å². The van der Waals surface area contributed by atoms with Gasteiger partial charge < -0.3 is 24.6 Å². The molecule has 1 saturated heterocycles. The molecule has 0 atom stereocenters. The number of hydrogen-bond acceptors (Lipinski definition) is 4. The first kappa shape index (κ1) is 24.2. The fraction of sp³-hybridized carbons (Fsp3) is 0.391. The van der Waals surface area contributed by atoms with Crippen molar-refractivity contribution in [1.29, 1.82) is 0 Å². The van der Waals surface area contributed by atoms with E-state index in [0.717, 1.165) is 5.56 Å². The zero-order valence-electron chi connectivity index (χ0n) is 18.4. The lowest BCUT2D eigenvalue weighted by Crippen LogP contribution is -2.53. The highest BCUT2D eigenvalue weighted by molar-refractivity contribution is 5.95. The predicted octanol–water partition coefficient (Wildman–Crippen LogP) is 3.61. The second-order valence-electron chi connectivity index (χ2n) is 7.67. The SMILES string of the molecule is COc1cc(C(=O)N2CCN(C(=O)NCc3cccc(OCC(F)(F)F)c3)CC2)ccc1C.